The molecule has 0 bridgehead atoms. The highest BCUT2D eigenvalue weighted by atomic mass is 16.5. The van der Waals surface area contributed by atoms with Gasteiger partial charge in [-0.1, -0.05) is 13.3 Å². The van der Waals surface area contributed by atoms with E-state index in [0.717, 1.165) is 18.6 Å². The second kappa shape index (κ2) is 5.73. The lowest BCUT2D eigenvalue weighted by Gasteiger charge is -2.17. The van der Waals surface area contributed by atoms with Gasteiger partial charge in [0.05, 0.1) is 13.2 Å². The predicted molar refractivity (Wildman–Crippen MR) is 76.3 cm³/mol. The Bertz CT molecular complexity index is 500. The van der Waals surface area contributed by atoms with Crippen LogP contribution in [0.5, 0.6) is 11.5 Å². The molecule has 1 aromatic rings. The molecule has 1 amide bonds. The summed E-state index contributed by atoms with van der Waals surface area (Å²) in [7, 11) is 0. The number of carbonyl (C=O) groups is 1. The van der Waals surface area contributed by atoms with E-state index in [-0.39, 0.29) is 5.91 Å². The van der Waals surface area contributed by atoms with Crippen molar-refractivity contribution in [3.05, 3.63) is 23.8 Å². The van der Waals surface area contributed by atoms with E-state index < -0.39 is 0 Å². The fraction of sp³-hybridized carbons (Fsp3) is 0.562. The lowest BCUT2D eigenvalue weighted by molar-refractivity contribution is 0.0929. The minimum atomic E-state index is -0.0144. The van der Waals surface area contributed by atoms with Crippen LogP contribution in [0.15, 0.2) is 18.2 Å². The first-order valence-electron chi connectivity index (χ1n) is 7.44. The summed E-state index contributed by atoms with van der Waals surface area (Å²) in [6, 6.07) is 5.73. The molecule has 4 heteroatoms. The molecule has 2 aliphatic rings. The molecular weight excluding hydrogens is 254 g/mol. The van der Waals surface area contributed by atoms with Crippen molar-refractivity contribution in [2.24, 2.45) is 5.92 Å². The van der Waals surface area contributed by atoms with Gasteiger partial charge >= 0.3 is 0 Å². The van der Waals surface area contributed by atoms with E-state index in [0.29, 0.717) is 36.5 Å². The number of nitrogens with one attached hydrogen (secondary N) is 1. The Morgan fingerprint density at radius 1 is 1.15 bits per heavy atom. The van der Waals surface area contributed by atoms with Gasteiger partial charge in [-0.2, -0.15) is 0 Å². The highest BCUT2D eigenvalue weighted by Crippen LogP contribution is 2.31. The molecule has 2 atom stereocenters. The van der Waals surface area contributed by atoms with Gasteiger partial charge in [0, 0.05) is 18.0 Å². The molecule has 0 aromatic heterocycles. The zero-order chi connectivity index (χ0) is 13.9. The van der Waals surface area contributed by atoms with Gasteiger partial charge in [-0.3, -0.25) is 4.79 Å². The number of benzene rings is 1. The highest BCUT2D eigenvalue weighted by Gasteiger charge is 2.25. The van der Waals surface area contributed by atoms with Crippen molar-refractivity contribution >= 4 is 5.91 Å². The van der Waals surface area contributed by atoms with Gasteiger partial charge in [-0.15, -0.1) is 0 Å². The van der Waals surface area contributed by atoms with Crippen LogP contribution in [0.25, 0.3) is 0 Å². The van der Waals surface area contributed by atoms with Gasteiger partial charge in [-0.05, 0) is 37.0 Å². The SMILES string of the molecule is C[C@@H]1CCC[C@@H]1NC(=O)c1ccc2c(c1)OCCCO2. The molecule has 1 heterocycles. The molecular formula is C16H21NO3. The molecule has 1 fully saturated rings. The average molecular weight is 275 g/mol. The van der Waals surface area contributed by atoms with E-state index in [1.54, 1.807) is 6.07 Å². The van der Waals surface area contributed by atoms with E-state index >= 15 is 0 Å². The van der Waals surface area contributed by atoms with Crippen LogP contribution in [0.1, 0.15) is 43.0 Å². The molecule has 0 radical (unpaired) electrons. The molecule has 0 unspecified atom stereocenters. The molecule has 4 nitrogen and oxygen atoms in total. The summed E-state index contributed by atoms with van der Waals surface area (Å²) in [5.41, 5.74) is 0.647. The van der Waals surface area contributed by atoms with Gasteiger partial charge in [-0.25, -0.2) is 0 Å². The predicted octanol–water partition coefficient (Wildman–Crippen LogP) is 2.77. The minimum absolute atomic E-state index is 0.0144. The summed E-state index contributed by atoms with van der Waals surface area (Å²) in [5, 5.41) is 3.13. The lowest BCUT2D eigenvalue weighted by atomic mass is 10.1. The third-order valence-electron chi connectivity index (χ3n) is 4.19. The smallest absolute Gasteiger partial charge is 0.251 e. The molecule has 0 spiro atoms. The fourth-order valence-electron chi connectivity index (χ4n) is 2.92. The maximum absolute atomic E-state index is 12.3. The molecule has 1 saturated carbocycles. The van der Waals surface area contributed by atoms with Gasteiger partial charge in [0.15, 0.2) is 11.5 Å². The van der Waals surface area contributed by atoms with Crippen LogP contribution in [-0.4, -0.2) is 25.2 Å². The third kappa shape index (κ3) is 2.74. The van der Waals surface area contributed by atoms with E-state index in [1.807, 2.05) is 12.1 Å². The average Bonchev–Trinajstić information content (AvgIpc) is 2.73. The van der Waals surface area contributed by atoms with E-state index in [9.17, 15) is 4.79 Å². The molecule has 1 aliphatic heterocycles. The first kappa shape index (κ1) is 13.3. The maximum atomic E-state index is 12.3. The highest BCUT2D eigenvalue weighted by molar-refractivity contribution is 5.95. The number of amides is 1. The van der Waals surface area contributed by atoms with Gasteiger partial charge in [0.2, 0.25) is 0 Å². The quantitative estimate of drug-likeness (QED) is 0.902. The third-order valence-corrected chi connectivity index (χ3v) is 4.19. The van der Waals surface area contributed by atoms with Crippen LogP contribution < -0.4 is 14.8 Å². The van der Waals surface area contributed by atoms with Crippen molar-refractivity contribution in [3.8, 4) is 11.5 Å². The summed E-state index contributed by atoms with van der Waals surface area (Å²) in [5.74, 6) is 1.96. The molecule has 20 heavy (non-hydrogen) atoms. The number of fused-ring (bicyclic) bond motifs is 1. The Morgan fingerprint density at radius 2 is 1.95 bits per heavy atom. The molecule has 1 aromatic carbocycles. The van der Waals surface area contributed by atoms with Gasteiger partial charge in [0.1, 0.15) is 0 Å². The molecule has 3 rings (SSSR count). The standard InChI is InChI=1S/C16H21NO3/c1-11-4-2-5-13(11)17-16(18)12-6-7-14-15(10-12)20-9-3-8-19-14/h6-7,10-11,13H,2-5,8-9H2,1H3,(H,17,18)/t11-,13+/m1/s1. The fourth-order valence-corrected chi connectivity index (χ4v) is 2.92. The zero-order valence-electron chi connectivity index (χ0n) is 11.9. The Hall–Kier alpha value is -1.71. The summed E-state index contributed by atoms with van der Waals surface area (Å²) >= 11 is 0. The van der Waals surface area contributed by atoms with Crippen LogP contribution in [0, 0.1) is 5.92 Å². The van der Waals surface area contributed by atoms with Crippen molar-refractivity contribution in [2.45, 2.75) is 38.6 Å². The second-order valence-corrected chi connectivity index (χ2v) is 5.70. The normalized spacial score (nSPS) is 25.1. The number of rotatable bonds is 2. The van der Waals surface area contributed by atoms with Crippen molar-refractivity contribution in [2.75, 3.05) is 13.2 Å². The van der Waals surface area contributed by atoms with Crippen molar-refractivity contribution in [1.82, 2.24) is 5.32 Å². The van der Waals surface area contributed by atoms with Gasteiger partial charge < -0.3 is 14.8 Å². The van der Waals surface area contributed by atoms with Crippen LogP contribution >= 0.6 is 0 Å². The van der Waals surface area contributed by atoms with Crippen molar-refractivity contribution in [1.29, 1.82) is 0 Å². The number of hydrogen-bond acceptors (Lipinski definition) is 3. The topological polar surface area (TPSA) is 47.6 Å². The maximum Gasteiger partial charge on any atom is 0.251 e. The Labute approximate surface area is 119 Å². The van der Waals surface area contributed by atoms with Gasteiger partial charge in [0.25, 0.3) is 5.91 Å². The Balaban J connectivity index is 1.73. The summed E-state index contributed by atoms with van der Waals surface area (Å²) < 4.78 is 11.2. The van der Waals surface area contributed by atoms with Crippen LogP contribution in [0.4, 0.5) is 0 Å². The second-order valence-electron chi connectivity index (χ2n) is 5.70. The van der Waals surface area contributed by atoms with Crippen LogP contribution in [0.2, 0.25) is 0 Å². The molecule has 0 saturated heterocycles. The van der Waals surface area contributed by atoms with Crippen molar-refractivity contribution < 1.29 is 14.3 Å². The number of hydrogen-bond donors (Lipinski definition) is 1. The number of ether oxygens (including phenoxy) is 2. The lowest BCUT2D eigenvalue weighted by Crippen LogP contribution is -2.36. The zero-order valence-corrected chi connectivity index (χ0v) is 11.9. The molecule has 1 aliphatic carbocycles. The monoisotopic (exact) mass is 275 g/mol. The first-order valence-corrected chi connectivity index (χ1v) is 7.44. The van der Waals surface area contributed by atoms with Crippen LogP contribution in [0.3, 0.4) is 0 Å². The Morgan fingerprint density at radius 3 is 2.70 bits per heavy atom. The van der Waals surface area contributed by atoms with Crippen LogP contribution in [-0.2, 0) is 0 Å². The Kier molecular flexibility index (Phi) is 3.81. The summed E-state index contributed by atoms with van der Waals surface area (Å²) in [6.45, 7) is 3.50. The number of carbonyl (C=O) groups excluding carboxylic acids is 1. The summed E-state index contributed by atoms with van der Waals surface area (Å²) in [4.78, 5) is 12.3. The molecule has 108 valence electrons. The van der Waals surface area contributed by atoms with E-state index in [2.05, 4.69) is 12.2 Å². The van der Waals surface area contributed by atoms with Crippen molar-refractivity contribution in [3.63, 3.8) is 0 Å². The molecule has 1 N–H and O–H groups in total. The first-order chi connectivity index (χ1) is 9.74. The van der Waals surface area contributed by atoms with E-state index in [1.165, 1.54) is 12.8 Å². The van der Waals surface area contributed by atoms with E-state index in [4.69, 9.17) is 9.47 Å². The summed E-state index contributed by atoms with van der Waals surface area (Å²) in [6.07, 6.45) is 4.35. The minimum Gasteiger partial charge on any atom is -0.490 e. The largest absolute Gasteiger partial charge is 0.490 e.